The Hall–Kier alpha value is -3.19. The first-order chi connectivity index (χ1) is 14.7. The topological polar surface area (TPSA) is 66.5 Å². The number of para-hydroxylation sites is 1. The third-order valence-corrected chi connectivity index (χ3v) is 6.78. The van der Waals surface area contributed by atoms with Crippen LogP contribution < -0.4 is 9.62 Å². The van der Waals surface area contributed by atoms with E-state index in [1.54, 1.807) is 18.2 Å². The first-order valence-electron chi connectivity index (χ1n) is 9.89. The number of sulfonamides is 1. The van der Waals surface area contributed by atoms with E-state index in [0.717, 1.165) is 21.0 Å². The van der Waals surface area contributed by atoms with Crippen LogP contribution in [0.25, 0.3) is 0 Å². The van der Waals surface area contributed by atoms with E-state index in [2.05, 4.69) is 5.32 Å². The smallest absolute Gasteiger partial charge is 0.264 e. The minimum absolute atomic E-state index is 0.0199. The second-order valence-electron chi connectivity index (χ2n) is 7.43. The first kappa shape index (κ1) is 22.5. The monoisotopic (exact) mass is 440 g/mol. The van der Waals surface area contributed by atoms with Gasteiger partial charge in [-0.05, 0) is 56.2 Å². The second kappa shape index (κ2) is 9.31. The number of nitrogens with zero attached hydrogens (tertiary/aromatic N) is 1. The van der Waals surface area contributed by atoms with Gasteiger partial charge in [-0.1, -0.05) is 54.1 Å². The van der Waals surface area contributed by atoms with Crippen LogP contribution in [0.1, 0.15) is 29.7 Å². The Kier molecular flexibility index (Phi) is 6.75. The van der Waals surface area contributed by atoms with Crippen molar-refractivity contribution in [2.45, 2.75) is 31.7 Å². The SMILES string of the molecule is Cc1ccc([C@@H](C)NC(=O)CN(c2ccccc2F)S(=O)(=O)c2ccccc2)c(C)c1. The van der Waals surface area contributed by atoms with Gasteiger partial charge in [0, 0.05) is 0 Å². The van der Waals surface area contributed by atoms with Gasteiger partial charge in [0.15, 0.2) is 0 Å². The summed E-state index contributed by atoms with van der Waals surface area (Å²) < 4.78 is 41.8. The fraction of sp³-hybridized carbons (Fsp3) is 0.208. The lowest BCUT2D eigenvalue weighted by molar-refractivity contribution is -0.120. The molecule has 0 saturated heterocycles. The van der Waals surface area contributed by atoms with Crippen LogP contribution in [-0.2, 0) is 14.8 Å². The summed E-state index contributed by atoms with van der Waals surface area (Å²) in [7, 11) is -4.15. The van der Waals surface area contributed by atoms with E-state index in [1.807, 2.05) is 39.0 Å². The Morgan fingerprint density at radius 1 is 1.00 bits per heavy atom. The molecule has 3 aromatic carbocycles. The van der Waals surface area contributed by atoms with Crippen molar-refractivity contribution in [3.05, 3.63) is 95.3 Å². The molecule has 0 aromatic heterocycles. The van der Waals surface area contributed by atoms with Gasteiger partial charge in [0.25, 0.3) is 10.0 Å². The van der Waals surface area contributed by atoms with Crippen molar-refractivity contribution >= 4 is 21.6 Å². The largest absolute Gasteiger partial charge is 0.348 e. The van der Waals surface area contributed by atoms with E-state index in [9.17, 15) is 17.6 Å². The number of carbonyl (C=O) groups excluding carboxylic acids is 1. The fourth-order valence-electron chi connectivity index (χ4n) is 3.48. The van der Waals surface area contributed by atoms with Gasteiger partial charge in [0.05, 0.1) is 16.6 Å². The van der Waals surface area contributed by atoms with Crippen molar-refractivity contribution < 1.29 is 17.6 Å². The molecule has 7 heteroatoms. The molecule has 1 atom stereocenters. The maximum atomic E-state index is 14.5. The molecule has 0 saturated carbocycles. The lowest BCUT2D eigenvalue weighted by atomic mass is 10.0. The van der Waals surface area contributed by atoms with Gasteiger partial charge >= 0.3 is 0 Å². The quantitative estimate of drug-likeness (QED) is 0.588. The van der Waals surface area contributed by atoms with Gasteiger partial charge in [-0.15, -0.1) is 0 Å². The normalized spacial score (nSPS) is 12.3. The Morgan fingerprint density at radius 2 is 1.65 bits per heavy atom. The molecule has 0 spiro atoms. The van der Waals surface area contributed by atoms with Gasteiger partial charge in [-0.25, -0.2) is 12.8 Å². The number of carbonyl (C=O) groups is 1. The molecule has 5 nitrogen and oxygen atoms in total. The van der Waals surface area contributed by atoms with Crippen LogP contribution in [0.15, 0.2) is 77.7 Å². The van der Waals surface area contributed by atoms with Crippen molar-refractivity contribution in [3.63, 3.8) is 0 Å². The van der Waals surface area contributed by atoms with Gasteiger partial charge in [-0.3, -0.25) is 9.10 Å². The Balaban J connectivity index is 1.90. The minimum Gasteiger partial charge on any atom is -0.348 e. The molecule has 1 amide bonds. The Labute approximate surface area is 182 Å². The van der Waals surface area contributed by atoms with Gasteiger partial charge in [0.1, 0.15) is 12.4 Å². The van der Waals surface area contributed by atoms with Crippen molar-refractivity contribution in [2.75, 3.05) is 10.8 Å². The number of hydrogen-bond acceptors (Lipinski definition) is 3. The molecule has 0 unspecified atom stereocenters. The van der Waals surface area contributed by atoms with E-state index >= 15 is 0 Å². The van der Waals surface area contributed by atoms with Crippen LogP contribution >= 0.6 is 0 Å². The third-order valence-electron chi connectivity index (χ3n) is 5.01. The van der Waals surface area contributed by atoms with E-state index in [0.29, 0.717) is 0 Å². The zero-order valence-corrected chi connectivity index (χ0v) is 18.5. The second-order valence-corrected chi connectivity index (χ2v) is 9.29. The number of halogens is 1. The number of amides is 1. The van der Waals surface area contributed by atoms with Crippen LogP contribution in [0.2, 0.25) is 0 Å². The van der Waals surface area contributed by atoms with Crippen LogP contribution in [0.5, 0.6) is 0 Å². The van der Waals surface area contributed by atoms with Crippen LogP contribution in [0.3, 0.4) is 0 Å². The lowest BCUT2D eigenvalue weighted by Gasteiger charge is -2.25. The summed E-state index contributed by atoms with van der Waals surface area (Å²) in [6, 6.07) is 18.7. The predicted molar refractivity (Wildman–Crippen MR) is 120 cm³/mol. The molecular formula is C24H25FN2O3S. The van der Waals surface area contributed by atoms with Crippen molar-refractivity contribution in [1.29, 1.82) is 0 Å². The summed E-state index contributed by atoms with van der Waals surface area (Å²) in [6.07, 6.45) is 0. The van der Waals surface area contributed by atoms with Crippen LogP contribution in [-0.4, -0.2) is 20.9 Å². The van der Waals surface area contributed by atoms with Gasteiger partial charge < -0.3 is 5.32 Å². The van der Waals surface area contributed by atoms with Gasteiger partial charge in [-0.2, -0.15) is 0 Å². The summed E-state index contributed by atoms with van der Waals surface area (Å²) in [5, 5.41) is 2.83. The van der Waals surface area contributed by atoms with Crippen LogP contribution in [0.4, 0.5) is 10.1 Å². The molecule has 0 bridgehead atoms. The summed E-state index contributed by atoms with van der Waals surface area (Å²) in [5.41, 5.74) is 2.89. The molecule has 0 heterocycles. The average Bonchev–Trinajstić information content (AvgIpc) is 2.73. The molecule has 0 aliphatic rings. The fourth-order valence-corrected chi connectivity index (χ4v) is 4.93. The summed E-state index contributed by atoms with van der Waals surface area (Å²) >= 11 is 0. The molecule has 0 fully saturated rings. The number of anilines is 1. The molecule has 0 aliphatic heterocycles. The summed E-state index contributed by atoms with van der Waals surface area (Å²) in [5.74, 6) is -1.26. The zero-order chi connectivity index (χ0) is 22.6. The molecule has 0 aliphatic carbocycles. The van der Waals surface area contributed by atoms with Crippen molar-refractivity contribution in [2.24, 2.45) is 0 Å². The Morgan fingerprint density at radius 3 is 2.29 bits per heavy atom. The molecule has 3 rings (SSSR count). The molecule has 162 valence electrons. The maximum Gasteiger partial charge on any atom is 0.264 e. The van der Waals surface area contributed by atoms with Crippen molar-refractivity contribution in [3.8, 4) is 0 Å². The summed E-state index contributed by atoms with van der Waals surface area (Å²) in [6.45, 7) is 5.22. The number of benzene rings is 3. The predicted octanol–water partition coefficient (Wildman–Crippen LogP) is 4.52. The molecule has 3 aromatic rings. The number of rotatable bonds is 7. The highest BCUT2D eigenvalue weighted by atomic mass is 32.2. The highest BCUT2D eigenvalue weighted by Crippen LogP contribution is 2.26. The van der Waals surface area contributed by atoms with E-state index in [1.165, 1.54) is 36.4 Å². The van der Waals surface area contributed by atoms with Crippen molar-refractivity contribution in [1.82, 2.24) is 5.32 Å². The van der Waals surface area contributed by atoms with Gasteiger partial charge in [0.2, 0.25) is 5.91 Å². The van der Waals surface area contributed by atoms with E-state index in [4.69, 9.17) is 0 Å². The van der Waals surface area contributed by atoms with Crippen LogP contribution in [0, 0.1) is 19.7 Å². The lowest BCUT2D eigenvalue weighted by Crippen LogP contribution is -2.42. The highest BCUT2D eigenvalue weighted by Gasteiger charge is 2.29. The minimum atomic E-state index is -4.15. The maximum absolute atomic E-state index is 14.5. The molecule has 31 heavy (non-hydrogen) atoms. The standard InChI is InChI=1S/C24H25FN2O3S/c1-17-13-14-21(18(2)15-17)19(3)26-24(28)16-27(23-12-8-7-11-22(23)25)31(29,30)20-9-5-4-6-10-20/h4-15,19H,16H2,1-3H3,(H,26,28)/t19-/m1/s1. The number of hydrogen-bond donors (Lipinski definition) is 1. The Bertz CT molecular complexity index is 1180. The number of nitrogens with one attached hydrogen (secondary N) is 1. The molecule has 0 radical (unpaired) electrons. The third kappa shape index (κ3) is 5.11. The molecule has 1 N–H and O–H groups in total. The number of aryl methyl sites for hydroxylation is 2. The first-order valence-corrected chi connectivity index (χ1v) is 11.3. The molecular weight excluding hydrogens is 415 g/mol. The average molecular weight is 441 g/mol. The summed E-state index contributed by atoms with van der Waals surface area (Å²) in [4.78, 5) is 12.8. The highest BCUT2D eigenvalue weighted by molar-refractivity contribution is 7.92. The van der Waals surface area contributed by atoms with E-state index < -0.39 is 28.3 Å². The zero-order valence-electron chi connectivity index (χ0n) is 17.7. The van der Waals surface area contributed by atoms with E-state index in [-0.39, 0.29) is 16.6 Å².